The summed E-state index contributed by atoms with van der Waals surface area (Å²) in [6.45, 7) is 3.77. The van der Waals surface area contributed by atoms with Crippen LogP contribution in [0.3, 0.4) is 0 Å². The third-order valence-electron chi connectivity index (χ3n) is 4.58. The minimum Gasteiger partial charge on any atom is -0.744 e. The number of azo groups is 2. The van der Waals surface area contributed by atoms with Crippen LogP contribution in [0.15, 0.2) is 79.9 Å². The van der Waals surface area contributed by atoms with Gasteiger partial charge in [0.15, 0.2) is 0 Å². The molecule has 9 nitrogen and oxygen atoms in total. The fraction of sp³-hybridized carbons (Fsp3) is 0.182. The molecule has 3 aromatic rings. The second-order valence-electron chi connectivity index (χ2n) is 6.81. The van der Waals surface area contributed by atoms with Crippen molar-refractivity contribution in [2.75, 3.05) is 14.2 Å². The topological polar surface area (TPSA) is 125 Å². The molecular formula is C22H21N4NaO5S. The van der Waals surface area contributed by atoms with Gasteiger partial charge in [-0.1, -0.05) is 6.07 Å². The number of nitrogens with zero attached hydrogens (tertiary/aromatic N) is 4. The summed E-state index contributed by atoms with van der Waals surface area (Å²) < 4.78 is 43.7. The van der Waals surface area contributed by atoms with Gasteiger partial charge < -0.3 is 14.0 Å². The van der Waals surface area contributed by atoms with Crippen molar-refractivity contribution in [2.24, 2.45) is 20.5 Å². The van der Waals surface area contributed by atoms with Gasteiger partial charge in [-0.25, -0.2) is 8.42 Å². The van der Waals surface area contributed by atoms with E-state index in [1.165, 1.54) is 31.4 Å². The molecule has 3 rings (SSSR count). The molecule has 0 bridgehead atoms. The molecule has 0 aliphatic heterocycles. The summed E-state index contributed by atoms with van der Waals surface area (Å²) in [4.78, 5) is -0.324. The molecule has 0 aliphatic carbocycles. The van der Waals surface area contributed by atoms with Crippen LogP contribution in [0.1, 0.15) is 11.1 Å². The van der Waals surface area contributed by atoms with E-state index in [4.69, 9.17) is 9.47 Å². The maximum atomic E-state index is 11.0. The summed E-state index contributed by atoms with van der Waals surface area (Å²) in [6, 6.07) is 14.2. The van der Waals surface area contributed by atoms with Gasteiger partial charge >= 0.3 is 29.6 Å². The van der Waals surface area contributed by atoms with Gasteiger partial charge in [0.05, 0.1) is 36.2 Å². The Morgan fingerprint density at radius 2 is 1.33 bits per heavy atom. The van der Waals surface area contributed by atoms with Gasteiger partial charge in [-0.2, -0.15) is 15.3 Å². The number of hydrogen-bond donors (Lipinski definition) is 0. The Balaban J connectivity index is 0.00000385. The molecule has 3 aromatic carbocycles. The molecule has 0 heterocycles. The summed E-state index contributed by atoms with van der Waals surface area (Å²) in [7, 11) is -1.40. The van der Waals surface area contributed by atoms with Gasteiger partial charge in [-0.3, -0.25) is 0 Å². The Labute approximate surface area is 214 Å². The summed E-state index contributed by atoms with van der Waals surface area (Å²) in [6.07, 6.45) is 0. The number of aryl methyl sites for hydroxylation is 2. The number of methoxy groups -OCH3 is 2. The standard InChI is InChI=1S/C22H22N4O5S.Na/c1-14-5-8-17(30-3)12-19(14)25-26-21-11-15(2)20(13-22(21)31-4)24-23-16-6-9-18(10-7-16)32(27,28)29;/h5-13H,1-4H3,(H,27,28,29);/q;+1/p-1. The molecule has 0 unspecified atom stereocenters. The minimum absolute atomic E-state index is 0. The second kappa shape index (κ2) is 11.5. The largest absolute Gasteiger partial charge is 1.00 e. The zero-order chi connectivity index (χ0) is 23.3. The number of benzene rings is 3. The van der Waals surface area contributed by atoms with Crippen molar-refractivity contribution in [1.82, 2.24) is 0 Å². The molecule has 0 amide bonds. The van der Waals surface area contributed by atoms with Crippen molar-refractivity contribution in [1.29, 1.82) is 0 Å². The zero-order valence-electron chi connectivity index (χ0n) is 18.9. The molecule has 11 heteroatoms. The molecule has 0 saturated heterocycles. The maximum absolute atomic E-state index is 11.0. The molecule has 0 spiro atoms. The van der Waals surface area contributed by atoms with Gasteiger partial charge in [0.2, 0.25) is 0 Å². The molecule has 0 radical (unpaired) electrons. The first-order chi connectivity index (χ1) is 15.2. The molecule has 33 heavy (non-hydrogen) atoms. The number of ether oxygens (including phenoxy) is 2. The van der Waals surface area contributed by atoms with Crippen LogP contribution in [0, 0.1) is 13.8 Å². The van der Waals surface area contributed by atoms with Gasteiger partial charge in [0, 0.05) is 12.1 Å². The first kappa shape index (κ1) is 26.6. The molecule has 0 N–H and O–H groups in total. The average molecular weight is 476 g/mol. The molecular weight excluding hydrogens is 455 g/mol. The zero-order valence-corrected chi connectivity index (χ0v) is 21.8. The van der Waals surface area contributed by atoms with Crippen LogP contribution < -0.4 is 39.0 Å². The Bertz CT molecular complexity index is 1290. The minimum atomic E-state index is -4.50. The van der Waals surface area contributed by atoms with Gasteiger partial charge in [0.1, 0.15) is 27.3 Å². The van der Waals surface area contributed by atoms with Crippen LogP contribution in [0.2, 0.25) is 0 Å². The van der Waals surface area contributed by atoms with E-state index in [1.807, 2.05) is 26.0 Å². The van der Waals surface area contributed by atoms with Crippen LogP contribution in [-0.2, 0) is 10.1 Å². The number of rotatable bonds is 7. The van der Waals surface area contributed by atoms with Crippen LogP contribution in [0.4, 0.5) is 22.7 Å². The molecule has 0 atom stereocenters. The quantitative estimate of drug-likeness (QED) is 0.294. The van der Waals surface area contributed by atoms with Crippen molar-refractivity contribution in [3.05, 3.63) is 65.7 Å². The summed E-state index contributed by atoms with van der Waals surface area (Å²) in [5.41, 5.74) is 3.87. The van der Waals surface area contributed by atoms with Crippen LogP contribution >= 0.6 is 0 Å². The van der Waals surface area contributed by atoms with Gasteiger partial charge in [-0.05, 0) is 61.4 Å². The van der Waals surface area contributed by atoms with Crippen LogP contribution in [0.5, 0.6) is 11.5 Å². The average Bonchev–Trinajstić information content (AvgIpc) is 2.77. The van der Waals surface area contributed by atoms with Crippen molar-refractivity contribution < 1.29 is 52.0 Å². The fourth-order valence-corrected chi connectivity index (χ4v) is 3.20. The Hall–Kier alpha value is -2.63. The summed E-state index contributed by atoms with van der Waals surface area (Å²) >= 11 is 0. The molecule has 0 saturated carbocycles. The first-order valence-electron chi connectivity index (χ1n) is 9.44. The summed E-state index contributed by atoms with van der Waals surface area (Å²) in [5, 5.41) is 16.9. The van der Waals surface area contributed by atoms with Crippen molar-refractivity contribution >= 4 is 32.9 Å². The predicted octanol–water partition coefficient (Wildman–Crippen LogP) is 3.06. The van der Waals surface area contributed by atoms with Gasteiger partial charge in [-0.15, -0.1) is 5.11 Å². The van der Waals surface area contributed by atoms with E-state index in [0.717, 1.165) is 11.1 Å². The Morgan fingerprint density at radius 1 is 0.727 bits per heavy atom. The fourth-order valence-electron chi connectivity index (χ4n) is 2.73. The van der Waals surface area contributed by atoms with E-state index < -0.39 is 10.1 Å². The Morgan fingerprint density at radius 3 is 1.94 bits per heavy atom. The van der Waals surface area contributed by atoms with E-state index in [0.29, 0.717) is 34.2 Å². The van der Waals surface area contributed by atoms with E-state index in [9.17, 15) is 13.0 Å². The SMILES string of the molecule is COc1ccc(C)c(N=Nc2cc(C)c(N=Nc3ccc(S(=O)(=O)[O-])cc3)cc2OC)c1.[Na+]. The molecule has 0 aliphatic rings. The van der Waals surface area contributed by atoms with Crippen molar-refractivity contribution in [3.63, 3.8) is 0 Å². The van der Waals surface area contributed by atoms with Crippen LogP contribution in [-0.4, -0.2) is 27.2 Å². The van der Waals surface area contributed by atoms with E-state index in [1.54, 1.807) is 25.3 Å². The normalized spacial score (nSPS) is 11.5. The number of hydrogen-bond acceptors (Lipinski definition) is 9. The second-order valence-corrected chi connectivity index (χ2v) is 8.19. The summed E-state index contributed by atoms with van der Waals surface area (Å²) in [5.74, 6) is 1.14. The van der Waals surface area contributed by atoms with Crippen molar-refractivity contribution in [2.45, 2.75) is 18.7 Å². The van der Waals surface area contributed by atoms with Crippen molar-refractivity contribution in [3.8, 4) is 11.5 Å². The Kier molecular flexibility index (Phi) is 9.26. The third kappa shape index (κ3) is 6.92. The van der Waals surface area contributed by atoms with E-state index in [2.05, 4.69) is 20.5 Å². The van der Waals surface area contributed by atoms with E-state index >= 15 is 0 Å². The van der Waals surface area contributed by atoms with E-state index in [-0.39, 0.29) is 34.5 Å². The monoisotopic (exact) mass is 476 g/mol. The predicted molar refractivity (Wildman–Crippen MR) is 118 cm³/mol. The molecule has 0 fully saturated rings. The molecule has 166 valence electrons. The third-order valence-corrected chi connectivity index (χ3v) is 5.43. The smallest absolute Gasteiger partial charge is 0.744 e. The first-order valence-corrected chi connectivity index (χ1v) is 10.8. The van der Waals surface area contributed by atoms with Gasteiger partial charge in [0.25, 0.3) is 0 Å². The molecule has 0 aromatic heterocycles. The van der Waals surface area contributed by atoms with Crippen LogP contribution in [0.25, 0.3) is 0 Å². The maximum Gasteiger partial charge on any atom is 1.00 e.